The largest absolute Gasteiger partial charge is 1.00 e. The molecular formula is C10H7F3NaO7S+. The molecular weight excluding hydrogens is 344 g/mol. The number of hydrogen-bond donors (Lipinski definition) is 1. The minimum Gasteiger partial charge on any atom is -0.465 e. The van der Waals surface area contributed by atoms with Crippen LogP contribution in [0.3, 0.4) is 0 Å². The van der Waals surface area contributed by atoms with Gasteiger partial charge in [-0.2, -0.15) is 8.42 Å². The molecule has 0 saturated carbocycles. The molecule has 1 rings (SSSR count). The molecule has 7 nitrogen and oxygen atoms in total. The second-order valence-corrected chi connectivity index (χ2v) is 4.84. The molecule has 0 aromatic heterocycles. The Morgan fingerprint density at radius 2 is 1.23 bits per heavy atom. The number of carbonyl (C=O) groups is 2. The Bertz CT molecular complexity index is 690. The van der Waals surface area contributed by atoms with E-state index in [4.69, 9.17) is 4.55 Å². The van der Waals surface area contributed by atoms with Crippen molar-refractivity contribution >= 4 is 22.1 Å². The van der Waals surface area contributed by atoms with Crippen molar-refractivity contribution < 1.29 is 74.8 Å². The minimum atomic E-state index is -5.54. The molecule has 0 radical (unpaired) electrons. The van der Waals surface area contributed by atoms with Crippen molar-refractivity contribution in [3.05, 3.63) is 28.6 Å². The minimum absolute atomic E-state index is 0. The molecule has 0 fully saturated rings. The van der Waals surface area contributed by atoms with Crippen LogP contribution in [0.1, 0.15) is 20.7 Å². The fourth-order valence-corrected chi connectivity index (χ4v) is 2.09. The number of halogens is 3. The van der Waals surface area contributed by atoms with Gasteiger partial charge in [-0.1, -0.05) is 0 Å². The van der Waals surface area contributed by atoms with Gasteiger partial charge >= 0.3 is 41.5 Å². The van der Waals surface area contributed by atoms with Gasteiger partial charge in [-0.25, -0.2) is 22.8 Å². The Hall–Kier alpha value is -1.14. The van der Waals surface area contributed by atoms with Gasteiger partial charge in [-0.05, 0) is 0 Å². The number of methoxy groups -OCH3 is 2. The van der Waals surface area contributed by atoms with Crippen LogP contribution < -0.4 is 29.6 Å². The maximum atomic E-state index is 13.9. The van der Waals surface area contributed by atoms with Gasteiger partial charge in [-0.3, -0.25) is 4.55 Å². The van der Waals surface area contributed by atoms with Crippen LogP contribution in [0.15, 0.2) is 4.90 Å². The van der Waals surface area contributed by atoms with Crippen molar-refractivity contribution in [1.82, 2.24) is 0 Å². The number of ether oxygens (including phenoxy) is 2. The van der Waals surface area contributed by atoms with Crippen LogP contribution in [0, 0.1) is 17.5 Å². The third-order valence-electron chi connectivity index (χ3n) is 2.31. The summed E-state index contributed by atoms with van der Waals surface area (Å²) in [6.45, 7) is 0. The Morgan fingerprint density at radius 3 is 1.45 bits per heavy atom. The molecule has 0 amide bonds. The quantitative estimate of drug-likeness (QED) is 0.379. The van der Waals surface area contributed by atoms with E-state index in [9.17, 15) is 31.2 Å². The fourth-order valence-electron chi connectivity index (χ4n) is 1.43. The Kier molecular flexibility index (Phi) is 7.03. The molecule has 0 atom stereocenters. The van der Waals surface area contributed by atoms with E-state index in [0.29, 0.717) is 14.2 Å². The summed E-state index contributed by atoms with van der Waals surface area (Å²) in [5.41, 5.74) is -3.32. The predicted octanol–water partition coefficient (Wildman–Crippen LogP) is -2.07. The second kappa shape index (κ2) is 7.42. The van der Waals surface area contributed by atoms with E-state index < -0.39 is 55.5 Å². The Labute approximate surface area is 144 Å². The first-order valence-electron chi connectivity index (χ1n) is 4.92. The van der Waals surface area contributed by atoms with Gasteiger partial charge in [0.1, 0.15) is 11.1 Å². The van der Waals surface area contributed by atoms with Crippen molar-refractivity contribution in [1.29, 1.82) is 0 Å². The molecule has 0 heterocycles. The van der Waals surface area contributed by atoms with E-state index in [1.165, 1.54) is 0 Å². The summed E-state index contributed by atoms with van der Waals surface area (Å²) in [5.74, 6) is -9.92. The molecule has 1 N–H and O–H groups in total. The van der Waals surface area contributed by atoms with Crippen LogP contribution >= 0.6 is 0 Å². The first kappa shape index (κ1) is 20.9. The van der Waals surface area contributed by atoms with Crippen LogP contribution in [-0.4, -0.2) is 39.1 Å². The molecule has 22 heavy (non-hydrogen) atoms. The van der Waals surface area contributed by atoms with Crippen LogP contribution in [-0.2, 0) is 19.6 Å². The Balaban J connectivity index is 0.00000441. The molecule has 0 bridgehead atoms. The number of carbonyl (C=O) groups excluding carboxylic acids is 2. The van der Waals surface area contributed by atoms with Gasteiger partial charge in [-0.15, -0.1) is 0 Å². The summed E-state index contributed by atoms with van der Waals surface area (Å²) >= 11 is 0. The fraction of sp³-hybridized carbons (Fsp3) is 0.200. The van der Waals surface area contributed by atoms with Crippen LogP contribution in [0.5, 0.6) is 0 Å². The standard InChI is InChI=1S/C10H7F3O7S.Na/c1-19-9(14)3-5(11)4(10(15)20-2)7(13)8(6(3)12)21(16,17)18;/h1-2H3,(H,16,17,18);/q;+1. The average Bonchev–Trinajstić information content (AvgIpc) is 2.35. The molecule has 0 spiro atoms. The predicted molar refractivity (Wildman–Crippen MR) is 58.8 cm³/mol. The van der Waals surface area contributed by atoms with Gasteiger partial charge in [0.05, 0.1) is 14.2 Å². The molecule has 12 heteroatoms. The number of benzene rings is 1. The SMILES string of the molecule is COC(=O)c1c(F)c(C(=O)OC)c(F)c(S(=O)(=O)O)c1F.[Na+]. The van der Waals surface area contributed by atoms with Crippen molar-refractivity contribution in [2.75, 3.05) is 14.2 Å². The van der Waals surface area contributed by atoms with Crippen molar-refractivity contribution in [3.8, 4) is 0 Å². The number of esters is 2. The topological polar surface area (TPSA) is 107 Å². The summed E-state index contributed by atoms with van der Waals surface area (Å²) in [7, 11) is -4.13. The monoisotopic (exact) mass is 351 g/mol. The van der Waals surface area contributed by atoms with Crippen molar-refractivity contribution in [2.45, 2.75) is 4.90 Å². The second-order valence-electron chi connectivity index (χ2n) is 3.48. The molecule has 1 aromatic carbocycles. The maximum absolute atomic E-state index is 13.9. The third kappa shape index (κ3) is 3.60. The Morgan fingerprint density at radius 1 is 0.909 bits per heavy atom. The molecule has 0 aliphatic rings. The van der Waals surface area contributed by atoms with Gasteiger partial charge in [0.15, 0.2) is 22.3 Å². The zero-order valence-electron chi connectivity index (χ0n) is 11.4. The first-order chi connectivity index (χ1) is 9.57. The van der Waals surface area contributed by atoms with E-state index in [1.807, 2.05) is 0 Å². The summed E-state index contributed by atoms with van der Waals surface area (Å²) < 4.78 is 80.2. The van der Waals surface area contributed by atoms with Crippen LogP contribution in [0.25, 0.3) is 0 Å². The average molecular weight is 351 g/mol. The number of rotatable bonds is 3. The summed E-state index contributed by atoms with van der Waals surface area (Å²) in [4.78, 5) is 20.4. The zero-order valence-corrected chi connectivity index (χ0v) is 14.3. The molecule has 1 aromatic rings. The first-order valence-corrected chi connectivity index (χ1v) is 6.36. The van der Waals surface area contributed by atoms with Crippen LogP contribution in [0.4, 0.5) is 13.2 Å². The molecule has 0 aliphatic carbocycles. The van der Waals surface area contributed by atoms with E-state index in [0.717, 1.165) is 0 Å². The summed E-state index contributed by atoms with van der Waals surface area (Å²) in [5, 5.41) is 0. The smallest absolute Gasteiger partial charge is 0.465 e. The van der Waals surface area contributed by atoms with E-state index >= 15 is 0 Å². The van der Waals surface area contributed by atoms with Crippen LogP contribution in [0.2, 0.25) is 0 Å². The van der Waals surface area contributed by atoms with Crippen molar-refractivity contribution in [3.63, 3.8) is 0 Å². The molecule has 0 unspecified atom stereocenters. The van der Waals surface area contributed by atoms with E-state index in [1.54, 1.807) is 0 Å². The van der Waals surface area contributed by atoms with Gasteiger partial charge in [0, 0.05) is 0 Å². The normalized spacial score (nSPS) is 10.6. The third-order valence-corrected chi connectivity index (χ3v) is 3.19. The van der Waals surface area contributed by atoms with E-state index in [2.05, 4.69) is 9.47 Å². The molecule has 0 saturated heterocycles. The zero-order chi connectivity index (χ0) is 16.5. The van der Waals surface area contributed by atoms with Crippen molar-refractivity contribution in [2.24, 2.45) is 0 Å². The molecule has 0 aliphatic heterocycles. The summed E-state index contributed by atoms with van der Waals surface area (Å²) in [6.07, 6.45) is 0. The number of hydrogen-bond acceptors (Lipinski definition) is 6. The van der Waals surface area contributed by atoms with Gasteiger partial charge in [0.2, 0.25) is 0 Å². The van der Waals surface area contributed by atoms with Gasteiger partial charge in [0.25, 0.3) is 10.1 Å². The molecule has 116 valence electrons. The van der Waals surface area contributed by atoms with E-state index in [-0.39, 0.29) is 29.6 Å². The maximum Gasteiger partial charge on any atom is 1.00 e. The van der Waals surface area contributed by atoms with Gasteiger partial charge < -0.3 is 9.47 Å². The summed E-state index contributed by atoms with van der Waals surface area (Å²) in [6, 6.07) is 0.